The van der Waals surface area contributed by atoms with Gasteiger partial charge in [0, 0.05) is 23.5 Å². The maximum atomic E-state index is 12.4. The van der Waals surface area contributed by atoms with E-state index < -0.39 is 0 Å². The summed E-state index contributed by atoms with van der Waals surface area (Å²) in [6.07, 6.45) is 5.73. The zero-order valence-corrected chi connectivity index (χ0v) is 9.47. The van der Waals surface area contributed by atoms with Crippen LogP contribution in [0.5, 0.6) is 0 Å². The van der Waals surface area contributed by atoms with Gasteiger partial charge in [-0.1, -0.05) is 24.3 Å². The lowest BCUT2D eigenvalue weighted by molar-refractivity contribution is 0.103. The molecule has 3 rings (SSSR count). The molecule has 0 unspecified atom stereocenters. The van der Waals surface area contributed by atoms with Gasteiger partial charge in [-0.25, -0.2) is 0 Å². The molecule has 0 atom stereocenters. The van der Waals surface area contributed by atoms with E-state index in [-0.39, 0.29) is 5.78 Å². The number of benzene rings is 1. The van der Waals surface area contributed by atoms with E-state index in [1.807, 2.05) is 24.3 Å². The van der Waals surface area contributed by atoms with Crippen molar-refractivity contribution in [3.8, 4) is 0 Å². The van der Waals surface area contributed by atoms with Gasteiger partial charge < -0.3 is 0 Å². The highest BCUT2D eigenvalue weighted by Crippen LogP contribution is 2.41. The molecule has 1 saturated carbocycles. The van der Waals surface area contributed by atoms with Crippen LogP contribution in [0.2, 0.25) is 0 Å². The van der Waals surface area contributed by atoms with Crippen molar-refractivity contribution in [2.75, 3.05) is 0 Å². The number of carbonyl (C=O) groups is 1. The molecule has 17 heavy (non-hydrogen) atoms. The third-order valence-corrected chi connectivity index (χ3v) is 3.15. The fourth-order valence-electron chi connectivity index (χ4n) is 2.11. The quantitative estimate of drug-likeness (QED) is 0.748. The Labute approximate surface area is 100 Å². The van der Waals surface area contributed by atoms with Crippen molar-refractivity contribution in [3.05, 3.63) is 65.5 Å². The molecule has 84 valence electrons. The van der Waals surface area contributed by atoms with Crippen LogP contribution < -0.4 is 0 Å². The van der Waals surface area contributed by atoms with Crippen molar-refractivity contribution in [1.29, 1.82) is 0 Å². The van der Waals surface area contributed by atoms with Crippen LogP contribution in [0.15, 0.2) is 48.8 Å². The first-order chi connectivity index (χ1) is 8.36. The highest BCUT2D eigenvalue weighted by Gasteiger charge is 2.27. The second-order valence-corrected chi connectivity index (χ2v) is 4.43. The van der Waals surface area contributed by atoms with E-state index >= 15 is 0 Å². The van der Waals surface area contributed by atoms with Crippen molar-refractivity contribution in [3.63, 3.8) is 0 Å². The third-order valence-electron chi connectivity index (χ3n) is 3.15. The molecular formula is C15H13NO. The molecule has 2 nitrogen and oxygen atoms in total. The first-order valence-corrected chi connectivity index (χ1v) is 5.90. The number of pyridine rings is 1. The predicted octanol–water partition coefficient (Wildman–Crippen LogP) is 3.19. The Morgan fingerprint density at radius 2 is 1.94 bits per heavy atom. The Hall–Kier alpha value is -1.96. The lowest BCUT2D eigenvalue weighted by Crippen LogP contribution is -2.05. The summed E-state index contributed by atoms with van der Waals surface area (Å²) in [4.78, 5) is 16.4. The van der Waals surface area contributed by atoms with E-state index in [0.717, 1.165) is 5.56 Å². The Kier molecular flexibility index (Phi) is 2.48. The second kappa shape index (κ2) is 4.13. The molecule has 0 spiro atoms. The molecule has 0 radical (unpaired) electrons. The van der Waals surface area contributed by atoms with Gasteiger partial charge in [0.05, 0.1) is 0 Å². The first kappa shape index (κ1) is 10.2. The summed E-state index contributed by atoms with van der Waals surface area (Å²) in [5, 5.41) is 0. The molecule has 1 aliphatic carbocycles. The average molecular weight is 223 g/mol. The largest absolute Gasteiger partial charge is 0.289 e. The monoisotopic (exact) mass is 223 g/mol. The molecule has 0 N–H and O–H groups in total. The summed E-state index contributed by atoms with van der Waals surface area (Å²) < 4.78 is 0. The minimum absolute atomic E-state index is 0.0839. The number of carbonyl (C=O) groups excluding carboxylic acids is 1. The van der Waals surface area contributed by atoms with E-state index in [2.05, 4.69) is 11.1 Å². The summed E-state index contributed by atoms with van der Waals surface area (Å²) in [6.45, 7) is 0. The Morgan fingerprint density at radius 1 is 1.12 bits per heavy atom. The van der Waals surface area contributed by atoms with Crippen LogP contribution in [0.3, 0.4) is 0 Å². The Morgan fingerprint density at radius 3 is 2.65 bits per heavy atom. The van der Waals surface area contributed by atoms with E-state index in [1.54, 1.807) is 18.5 Å². The highest BCUT2D eigenvalue weighted by atomic mass is 16.1. The van der Waals surface area contributed by atoms with Gasteiger partial charge >= 0.3 is 0 Å². The zero-order valence-electron chi connectivity index (χ0n) is 9.47. The summed E-state index contributed by atoms with van der Waals surface area (Å²) in [6, 6.07) is 11.5. The Balaban J connectivity index is 2.02. The maximum absolute atomic E-state index is 12.4. The van der Waals surface area contributed by atoms with Gasteiger partial charge in [0.25, 0.3) is 0 Å². The minimum atomic E-state index is 0.0839. The summed E-state index contributed by atoms with van der Waals surface area (Å²) in [5.74, 6) is 0.674. The van der Waals surface area contributed by atoms with Crippen LogP contribution >= 0.6 is 0 Å². The number of rotatable bonds is 3. The highest BCUT2D eigenvalue weighted by molar-refractivity contribution is 6.09. The number of hydrogen-bond donors (Lipinski definition) is 0. The minimum Gasteiger partial charge on any atom is -0.289 e. The van der Waals surface area contributed by atoms with Gasteiger partial charge in [0.15, 0.2) is 5.78 Å². The second-order valence-electron chi connectivity index (χ2n) is 4.43. The van der Waals surface area contributed by atoms with Crippen molar-refractivity contribution in [2.45, 2.75) is 18.8 Å². The van der Waals surface area contributed by atoms with Gasteiger partial charge in [0.1, 0.15) is 0 Å². The summed E-state index contributed by atoms with van der Waals surface area (Å²) in [7, 11) is 0. The molecule has 1 aliphatic rings. The van der Waals surface area contributed by atoms with Crippen LogP contribution in [0.4, 0.5) is 0 Å². The SMILES string of the molecule is O=C(c1cccnc1)c1ccccc1C1CC1. The lowest BCUT2D eigenvalue weighted by atomic mass is 9.97. The van der Waals surface area contributed by atoms with Crippen LogP contribution in [0, 0.1) is 0 Å². The van der Waals surface area contributed by atoms with E-state index in [0.29, 0.717) is 11.5 Å². The van der Waals surface area contributed by atoms with E-state index in [4.69, 9.17) is 0 Å². The van der Waals surface area contributed by atoms with Gasteiger partial charge in [-0.05, 0) is 36.5 Å². The van der Waals surface area contributed by atoms with Crippen molar-refractivity contribution < 1.29 is 4.79 Å². The smallest absolute Gasteiger partial charge is 0.194 e. The molecular weight excluding hydrogens is 210 g/mol. The lowest BCUT2D eigenvalue weighted by Gasteiger charge is -2.07. The standard InChI is InChI=1S/C15H13NO/c17-15(12-4-3-9-16-10-12)14-6-2-1-5-13(14)11-7-8-11/h1-6,9-11H,7-8H2. The molecule has 2 heteroatoms. The molecule has 0 bridgehead atoms. The maximum Gasteiger partial charge on any atom is 0.194 e. The molecule has 1 aromatic carbocycles. The van der Waals surface area contributed by atoms with Crippen molar-refractivity contribution in [1.82, 2.24) is 4.98 Å². The summed E-state index contributed by atoms with van der Waals surface area (Å²) in [5.41, 5.74) is 2.70. The van der Waals surface area contributed by atoms with Gasteiger partial charge in [0.2, 0.25) is 0 Å². The molecule has 2 aromatic rings. The zero-order chi connectivity index (χ0) is 11.7. The molecule has 1 fully saturated rings. The first-order valence-electron chi connectivity index (χ1n) is 5.90. The summed E-state index contributed by atoms with van der Waals surface area (Å²) >= 11 is 0. The number of ketones is 1. The fraction of sp³-hybridized carbons (Fsp3) is 0.200. The van der Waals surface area contributed by atoms with Crippen molar-refractivity contribution in [2.24, 2.45) is 0 Å². The van der Waals surface area contributed by atoms with Gasteiger partial charge in [-0.3, -0.25) is 9.78 Å². The van der Waals surface area contributed by atoms with Crippen LogP contribution in [0.1, 0.15) is 40.2 Å². The molecule has 0 amide bonds. The topological polar surface area (TPSA) is 30.0 Å². The number of nitrogens with zero attached hydrogens (tertiary/aromatic N) is 1. The molecule has 0 saturated heterocycles. The molecule has 1 heterocycles. The molecule has 1 aromatic heterocycles. The average Bonchev–Trinajstić information content (AvgIpc) is 3.23. The van der Waals surface area contributed by atoms with Gasteiger partial charge in [-0.15, -0.1) is 0 Å². The number of hydrogen-bond acceptors (Lipinski definition) is 2. The molecule has 0 aliphatic heterocycles. The van der Waals surface area contributed by atoms with Gasteiger partial charge in [-0.2, -0.15) is 0 Å². The van der Waals surface area contributed by atoms with E-state index in [9.17, 15) is 4.79 Å². The van der Waals surface area contributed by atoms with E-state index in [1.165, 1.54) is 18.4 Å². The number of aromatic nitrogens is 1. The normalized spacial score (nSPS) is 14.6. The predicted molar refractivity (Wildman–Crippen MR) is 66.1 cm³/mol. The Bertz CT molecular complexity index is 544. The van der Waals surface area contributed by atoms with Crippen LogP contribution in [0.25, 0.3) is 0 Å². The van der Waals surface area contributed by atoms with Crippen molar-refractivity contribution >= 4 is 5.78 Å². The van der Waals surface area contributed by atoms with Crippen LogP contribution in [-0.4, -0.2) is 10.8 Å². The van der Waals surface area contributed by atoms with Crippen LogP contribution in [-0.2, 0) is 0 Å². The fourth-order valence-corrected chi connectivity index (χ4v) is 2.11. The third kappa shape index (κ3) is 1.98.